The fraction of sp³-hybridized carbons (Fsp3) is 0.737. The van der Waals surface area contributed by atoms with Crippen molar-refractivity contribution in [2.75, 3.05) is 12.3 Å². The Bertz CT molecular complexity index is 689. The third kappa shape index (κ3) is 8.37. The lowest BCUT2D eigenvalue weighted by atomic mass is 10.0. The monoisotopic (exact) mass is 459 g/mol. The second kappa shape index (κ2) is 12.5. The van der Waals surface area contributed by atoms with E-state index < -0.39 is 53.8 Å². The van der Waals surface area contributed by atoms with Crippen molar-refractivity contribution in [2.45, 2.75) is 70.1 Å². The zero-order chi connectivity index (χ0) is 23.7. The molecule has 4 atom stereocenters. The van der Waals surface area contributed by atoms with Gasteiger partial charge >= 0.3 is 5.97 Å². The summed E-state index contributed by atoms with van der Waals surface area (Å²) >= 11 is 3.92. The number of nitrogens with one attached hydrogen (secondary N) is 2. The molecule has 0 aliphatic carbocycles. The van der Waals surface area contributed by atoms with E-state index in [2.05, 4.69) is 23.3 Å². The largest absolute Gasteiger partial charge is 0.480 e. The first-order valence-electron chi connectivity index (χ1n) is 10.3. The highest BCUT2D eigenvalue weighted by Gasteiger charge is 2.38. The number of primary amides is 1. The van der Waals surface area contributed by atoms with Gasteiger partial charge in [0.25, 0.3) is 0 Å². The minimum Gasteiger partial charge on any atom is -0.480 e. The van der Waals surface area contributed by atoms with Gasteiger partial charge in [-0.1, -0.05) is 13.8 Å². The molecule has 1 rings (SSSR count). The van der Waals surface area contributed by atoms with E-state index in [4.69, 9.17) is 16.6 Å². The minimum atomic E-state index is -1.23. The summed E-state index contributed by atoms with van der Waals surface area (Å²) in [4.78, 5) is 61.6. The zero-order valence-corrected chi connectivity index (χ0v) is 18.8. The first-order valence-corrected chi connectivity index (χ1v) is 10.9. The van der Waals surface area contributed by atoms with Crippen LogP contribution in [0, 0.1) is 5.92 Å². The maximum absolute atomic E-state index is 12.9. The number of amides is 4. The lowest BCUT2D eigenvalue weighted by Crippen LogP contribution is -2.57. The van der Waals surface area contributed by atoms with Gasteiger partial charge in [0, 0.05) is 18.7 Å². The van der Waals surface area contributed by atoms with Gasteiger partial charge in [0.05, 0.1) is 6.04 Å². The molecule has 4 amide bonds. The van der Waals surface area contributed by atoms with Gasteiger partial charge in [-0.25, -0.2) is 4.79 Å². The number of aliphatic carboxylic acids is 1. The molecule has 0 aromatic carbocycles. The maximum Gasteiger partial charge on any atom is 0.327 e. The van der Waals surface area contributed by atoms with Crippen LogP contribution in [0.2, 0.25) is 0 Å². The van der Waals surface area contributed by atoms with Gasteiger partial charge in [0.2, 0.25) is 23.6 Å². The van der Waals surface area contributed by atoms with Crippen LogP contribution in [0.25, 0.3) is 0 Å². The van der Waals surface area contributed by atoms with Gasteiger partial charge < -0.3 is 32.1 Å². The van der Waals surface area contributed by atoms with Crippen molar-refractivity contribution in [1.82, 2.24) is 15.5 Å². The lowest BCUT2D eigenvalue weighted by Gasteiger charge is -2.29. The molecule has 12 heteroatoms. The predicted octanol–water partition coefficient (Wildman–Crippen LogP) is -1.40. The molecule has 0 saturated carbocycles. The second-order valence-corrected chi connectivity index (χ2v) is 8.44. The number of rotatable bonds is 12. The summed E-state index contributed by atoms with van der Waals surface area (Å²) < 4.78 is 0. The van der Waals surface area contributed by atoms with Gasteiger partial charge in [-0.15, -0.1) is 0 Å². The molecule has 1 aliphatic heterocycles. The van der Waals surface area contributed by atoms with Crippen LogP contribution in [0.1, 0.15) is 46.0 Å². The van der Waals surface area contributed by atoms with Crippen LogP contribution in [-0.4, -0.2) is 76.1 Å². The van der Waals surface area contributed by atoms with Crippen molar-refractivity contribution in [3.63, 3.8) is 0 Å². The molecule has 0 bridgehead atoms. The topological polar surface area (TPSA) is 185 Å². The fourth-order valence-electron chi connectivity index (χ4n) is 3.37. The molecule has 1 fully saturated rings. The van der Waals surface area contributed by atoms with Crippen LogP contribution < -0.4 is 22.1 Å². The Morgan fingerprint density at radius 1 is 1.16 bits per heavy atom. The number of carbonyl (C=O) groups is 5. The number of hydrogen-bond acceptors (Lipinski definition) is 7. The molecule has 176 valence electrons. The van der Waals surface area contributed by atoms with Crippen molar-refractivity contribution < 1.29 is 29.1 Å². The summed E-state index contributed by atoms with van der Waals surface area (Å²) in [7, 11) is 0. The summed E-state index contributed by atoms with van der Waals surface area (Å²) in [5.74, 6) is -3.44. The summed E-state index contributed by atoms with van der Waals surface area (Å²) in [5, 5.41) is 14.2. The lowest BCUT2D eigenvalue weighted by molar-refractivity contribution is -0.142. The highest BCUT2D eigenvalue weighted by molar-refractivity contribution is 7.80. The van der Waals surface area contributed by atoms with E-state index in [1.807, 2.05) is 13.8 Å². The highest BCUT2D eigenvalue weighted by atomic mass is 32.1. The normalized spacial score (nSPS) is 18.9. The molecule has 0 radical (unpaired) electrons. The van der Waals surface area contributed by atoms with Gasteiger partial charge in [-0.3, -0.25) is 19.2 Å². The van der Waals surface area contributed by atoms with Gasteiger partial charge in [-0.2, -0.15) is 12.6 Å². The van der Waals surface area contributed by atoms with Crippen LogP contribution in [-0.2, 0) is 24.0 Å². The predicted molar refractivity (Wildman–Crippen MR) is 116 cm³/mol. The molecular formula is C19H33N5O6S. The Labute approximate surface area is 187 Å². The Kier molecular flexibility index (Phi) is 10.8. The number of carboxylic acid groups (broad SMARTS) is 1. The van der Waals surface area contributed by atoms with E-state index in [0.29, 0.717) is 19.4 Å². The number of carbonyl (C=O) groups excluding carboxylic acids is 4. The molecule has 11 nitrogen and oxygen atoms in total. The molecule has 7 N–H and O–H groups in total. The van der Waals surface area contributed by atoms with E-state index in [1.54, 1.807) is 0 Å². The first-order chi connectivity index (χ1) is 14.5. The number of thiol groups is 1. The molecule has 0 spiro atoms. The zero-order valence-electron chi connectivity index (χ0n) is 17.9. The van der Waals surface area contributed by atoms with Crippen LogP contribution in [0.15, 0.2) is 0 Å². The van der Waals surface area contributed by atoms with Crippen LogP contribution >= 0.6 is 12.6 Å². The minimum absolute atomic E-state index is 0.0376. The Morgan fingerprint density at radius 3 is 2.32 bits per heavy atom. The number of hydrogen-bond donors (Lipinski definition) is 6. The molecular weight excluding hydrogens is 426 g/mol. The van der Waals surface area contributed by atoms with Gasteiger partial charge in [-0.05, 0) is 31.6 Å². The Morgan fingerprint density at radius 2 is 1.81 bits per heavy atom. The van der Waals surface area contributed by atoms with Crippen LogP contribution in [0.4, 0.5) is 0 Å². The van der Waals surface area contributed by atoms with E-state index >= 15 is 0 Å². The van der Waals surface area contributed by atoms with Crippen LogP contribution in [0.5, 0.6) is 0 Å². The average molecular weight is 460 g/mol. The van der Waals surface area contributed by atoms with Crippen molar-refractivity contribution >= 4 is 42.2 Å². The molecule has 31 heavy (non-hydrogen) atoms. The third-order valence-electron chi connectivity index (χ3n) is 4.99. The second-order valence-electron chi connectivity index (χ2n) is 8.07. The summed E-state index contributed by atoms with van der Waals surface area (Å²) in [5.41, 5.74) is 11.0. The van der Waals surface area contributed by atoms with Crippen LogP contribution in [0.3, 0.4) is 0 Å². The number of likely N-dealkylation sites (tertiary alicyclic amines) is 1. The van der Waals surface area contributed by atoms with E-state index in [9.17, 15) is 24.0 Å². The van der Waals surface area contributed by atoms with Gasteiger partial charge in [0.15, 0.2) is 0 Å². The number of nitrogens with zero attached hydrogens (tertiary/aromatic N) is 1. The first kappa shape index (κ1) is 26.7. The summed E-state index contributed by atoms with van der Waals surface area (Å²) in [6, 6.07) is -3.90. The van der Waals surface area contributed by atoms with E-state index in [1.165, 1.54) is 4.90 Å². The van der Waals surface area contributed by atoms with E-state index in [-0.39, 0.29) is 30.9 Å². The molecule has 1 aliphatic rings. The van der Waals surface area contributed by atoms with Gasteiger partial charge in [0.1, 0.15) is 18.1 Å². The number of carboxylic acids is 1. The summed E-state index contributed by atoms with van der Waals surface area (Å²) in [6.07, 6.45) is 1.33. The molecule has 1 heterocycles. The quantitative estimate of drug-likeness (QED) is 0.194. The SMILES string of the molecule is CC(C)CC(NC(=O)C1CCCN1C(=O)C(N)CCC(N)=O)C(=O)NC(CS)C(=O)O. The molecule has 1 saturated heterocycles. The highest BCUT2D eigenvalue weighted by Crippen LogP contribution is 2.20. The third-order valence-corrected chi connectivity index (χ3v) is 5.36. The Hall–Kier alpha value is -2.34. The Balaban J connectivity index is 2.86. The van der Waals surface area contributed by atoms with E-state index in [0.717, 1.165) is 0 Å². The average Bonchev–Trinajstić information content (AvgIpc) is 3.18. The van der Waals surface area contributed by atoms with Crippen molar-refractivity contribution in [3.8, 4) is 0 Å². The fourth-order valence-corrected chi connectivity index (χ4v) is 3.61. The van der Waals surface area contributed by atoms with Crippen molar-refractivity contribution in [2.24, 2.45) is 17.4 Å². The molecule has 4 unspecified atom stereocenters. The maximum atomic E-state index is 12.9. The number of nitrogens with two attached hydrogens (primary N) is 2. The smallest absolute Gasteiger partial charge is 0.327 e. The standard InChI is InChI=1S/C19H33N5O6S/c1-10(2)8-12(16(26)23-13(9-31)19(29)30)22-17(27)14-4-3-7-24(14)18(28)11(20)5-6-15(21)25/h10-14,31H,3-9,20H2,1-2H3,(H2,21,25)(H,22,27)(H,23,26)(H,29,30). The van der Waals surface area contributed by atoms with Crippen molar-refractivity contribution in [1.29, 1.82) is 0 Å². The molecule has 0 aromatic rings. The summed E-state index contributed by atoms with van der Waals surface area (Å²) in [6.45, 7) is 4.06. The molecule has 0 aromatic heterocycles. The van der Waals surface area contributed by atoms with Crippen molar-refractivity contribution in [3.05, 3.63) is 0 Å².